The van der Waals surface area contributed by atoms with Gasteiger partial charge >= 0.3 is 0 Å². The maximum atomic E-state index is 12.7. The van der Waals surface area contributed by atoms with Crippen molar-refractivity contribution in [2.75, 3.05) is 12.3 Å². The largest absolute Gasteiger partial charge is 0.348 e. The van der Waals surface area contributed by atoms with E-state index in [2.05, 4.69) is 19.9 Å². The van der Waals surface area contributed by atoms with Gasteiger partial charge in [-0.05, 0) is 31.4 Å². The minimum atomic E-state index is -0.167. The molecule has 0 unspecified atom stereocenters. The van der Waals surface area contributed by atoms with E-state index in [0.717, 1.165) is 28.5 Å². The van der Waals surface area contributed by atoms with Gasteiger partial charge in [0.25, 0.3) is 5.91 Å². The van der Waals surface area contributed by atoms with E-state index in [9.17, 15) is 4.79 Å². The molecule has 0 atom stereocenters. The number of nitrogens with one attached hydrogen (secondary N) is 1. The van der Waals surface area contributed by atoms with Gasteiger partial charge in [0.2, 0.25) is 0 Å². The van der Waals surface area contributed by atoms with E-state index < -0.39 is 0 Å². The van der Waals surface area contributed by atoms with Gasteiger partial charge in [-0.1, -0.05) is 31.0 Å². The summed E-state index contributed by atoms with van der Waals surface area (Å²) in [5, 5.41) is 1.76. The first-order valence-corrected chi connectivity index (χ1v) is 9.76. The van der Waals surface area contributed by atoms with Gasteiger partial charge in [0.1, 0.15) is 5.65 Å². The molecule has 0 radical (unpaired) electrons. The Balaban J connectivity index is 1.60. The van der Waals surface area contributed by atoms with Crippen LogP contribution in [0.15, 0.2) is 29.5 Å². The number of aromatic nitrogens is 2. The molecule has 5 nitrogen and oxygen atoms in total. The number of pyridine rings is 1. The topological polar surface area (TPSA) is 61.4 Å². The molecule has 2 aliphatic rings. The van der Waals surface area contributed by atoms with E-state index in [-0.39, 0.29) is 5.91 Å². The second kappa shape index (κ2) is 6.97. The van der Waals surface area contributed by atoms with Crippen molar-refractivity contribution in [3.8, 4) is 0 Å². The quantitative estimate of drug-likeness (QED) is 0.901. The molecule has 126 valence electrons. The van der Waals surface area contributed by atoms with Gasteiger partial charge in [-0.3, -0.25) is 4.79 Å². The molecule has 24 heavy (non-hydrogen) atoms. The molecule has 2 aromatic rings. The zero-order chi connectivity index (χ0) is 16.4. The van der Waals surface area contributed by atoms with Gasteiger partial charge < -0.3 is 9.88 Å². The molecule has 0 spiro atoms. The van der Waals surface area contributed by atoms with E-state index in [1.165, 1.54) is 38.5 Å². The molecule has 1 N–H and O–H groups in total. The lowest BCUT2D eigenvalue weighted by molar-refractivity contribution is 0.100. The summed E-state index contributed by atoms with van der Waals surface area (Å²) in [7, 11) is 0. The van der Waals surface area contributed by atoms with Crippen LogP contribution in [-0.2, 0) is 0 Å². The maximum absolute atomic E-state index is 12.7. The number of H-pyrrole nitrogens is 1. The van der Waals surface area contributed by atoms with Crippen molar-refractivity contribution in [2.45, 2.75) is 44.6 Å². The molecule has 6 heteroatoms. The van der Waals surface area contributed by atoms with Crippen LogP contribution in [0, 0.1) is 0 Å². The summed E-state index contributed by atoms with van der Waals surface area (Å²) in [5.74, 6) is 0.879. The number of rotatable bonds is 2. The number of nitrogens with zero attached hydrogens (tertiary/aromatic N) is 3. The van der Waals surface area contributed by atoms with Crippen LogP contribution in [0.2, 0.25) is 0 Å². The highest BCUT2D eigenvalue weighted by Gasteiger charge is 2.27. The number of hydrogen-bond acceptors (Lipinski definition) is 3. The standard InChI is InChI=1S/C18H22N4OS/c23-17(15-12-20-16-14(15)8-4-9-19-16)21-18-22(10-5-11-24-18)13-6-2-1-3-7-13/h4,8-9,12-13H,1-3,5-7,10-11H2,(H,19,20)/b21-18-. The van der Waals surface area contributed by atoms with Crippen molar-refractivity contribution in [2.24, 2.45) is 4.99 Å². The van der Waals surface area contributed by atoms with Gasteiger partial charge in [0.15, 0.2) is 5.17 Å². The maximum Gasteiger partial charge on any atom is 0.281 e. The summed E-state index contributed by atoms with van der Waals surface area (Å²) in [4.78, 5) is 26.9. The van der Waals surface area contributed by atoms with Crippen LogP contribution in [0.1, 0.15) is 48.9 Å². The minimum absolute atomic E-state index is 0.167. The first kappa shape index (κ1) is 15.7. The Hall–Kier alpha value is -1.82. The molecule has 0 bridgehead atoms. The second-order valence-corrected chi connectivity index (χ2v) is 7.55. The van der Waals surface area contributed by atoms with Crippen LogP contribution in [-0.4, -0.2) is 44.3 Å². The normalized spacial score (nSPS) is 21.5. The Bertz CT molecular complexity index is 763. The Kier molecular flexibility index (Phi) is 4.56. The molecule has 1 aliphatic carbocycles. The summed E-state index contributed by atoms with van der Waals surface area (Å²) in [6.07, 6.45) is 11.0. The number of hydrogen-bond donors (Lipinski definition) is 1. The molecular formula is C18H22N4OS. The van der Waals surface area contributed by atoms with Gasteiger partial charge in [-0.2, -0.15) is 4.99 Å². The average Bonchev–Trinajstić information content (AvgIpc) is 3.07. The highest BCUT2D eigenvalue weighted by atomic mass is 32.2. The van der Waals surface area contributed by atoms with Crippen molar-refractivity contribution in [3.63, 3.8) is 0 Å². The molecule has 1 saturated carbocycles. The zero-order valence-electron chi connectivity index (χ0n) is 13.7. The molecule has 3 heterocycles. The Morgan fingerprint density at radius 3 is 3.04 bits per heavy atom. The van der Waals surface area contributed by atoms with Crippen LogP contribution >= 0.6 is 11.8 Å². The fourth-order valence-electron chi connectivity index (χ4n) is 3.68. The predicted molar refractivity (Wildman–Crippen MR) is 98.5 cm³/mol. The van der Waals surface area contributed by atoms with Gasteiger partial charge in [0.05, 0.1) is 5.56 Å². The van der Waals surface area contributed by atoms with Crippen LogP contribution in [0.5, 0.6) is 0 Å². The van der Waals surface area contributed by atoms with Crippen LogP contribution in [0.3, 0.4) is 0 Å². The van der Waals surface area contributed by atoms with Crippen molar-refractivity contribution < 1.29 is 4.79 Å². The van der Waals surface area contributed by atoms with Crippen LogP contribution < -0.4 is 0 Å². The van der Waals surface area contributed by atoms with Crippen molar-refractivity contribution in [1.29, 1.82) is 0 Å². The number of fused-ring (bicyclic) bond motifs is 1. The minimum Gasteiger partial charge on any atom is -0.348 e. The number of carbonyl (C=O) groups is 1. The summed E-state index contributed by atoms with van der Waals surface area (Å²) in [6.45, 7) is 1.03. The highest BCUT2D eigenvalue weighted by molar-refractivity contribution is 8.13. The first-order chi connectivity index (χ1) is 11.8. The summed E-state index contributed by atoms with van der Waals surface area (Å²) >= 11 is 1.73. The molecule has 1 amide bonds. The van der Waals surface area contributed by atoms with Crippen LogP contribution in [0.25, 0.3) is 11.0 Å². The number of aromatic amines is 1. The lowest BCUT2D eigenvalue weighted by Gasteiger charge is -2.38. The molecule has 1 aliphatic heterocycles. The molecule has 2 aromatic heterocycles. The lowest BCUT2D eigenvalue weighted by Crippen LogP contribution is -2.43. The number of amidine groups is 1. The van der Waals surface area contributed by atoms with Gasteiger partial charge in [-0.25, -0.2) is 4.98 Å². The van der Waals surface area contributed by atoms with Gasteiger partial charge in [-0.15, -0.1) is 0 Å². The smallest absolute Gasteiger partial charge is 0.281 e. The van der Waals surface area contributed by atoms with E-state index in [0.29, 0.717) is 11.6 Å². The van der Waals surface area contributed by atoms with E-state index in [4.69, 9.17) is 0 Å². The number of carbonyl (C=O) groups excluding carboxylic acids is 1. The number of aliphatic imine (C=N–C) groups is 1. The highest BCUT2D eigenvalue weighted by Crippen LogP contribution is 2.29. The second-order valence-electron chi connectivity index (χ2n) is 6.49. The predicted octanol–water partition coefficient (Wildman–Crippen LogP) is 3.83. The first-order valence-electron chi connectivity index (χ1n) is 8.77. The average molecular weight is 342 g/mol. The summed E-state index contributed by atoms with van der Waals surface area (Å²) < 4.78 is 0. The monoisotopic (exact) mass is 342 g/mol. The van der Waals surface area contributed by atoms with E-state index in [1.54, 1.807) is 24.2 Å². The Labute approximate surface area is 145 Å². The molecular weight excluding hydrogens is 320 g/mol. The van der Waals surface area contributed by atoms with Gasteiger partial charge in [0, 0.05) is 36.1 Å². The molecule has 2 fully saturated rings. The molecule has 4 rings (SSSR count). The Morgan fingerprint density at radius 1 is 1.29 bits per heavy atom. The van der Waals surface area contributed by atoms with Crippen LogP contribution in [0.4, 0.5) is 0 Å². The van der Waals surface area contributed by atoms with Crippen molar-refractivity contribution in [3.05, 3.63) is 30.1 Å². The fourth-order valence-corrected chi connectivity index (χ4v) is 4.69. The summed E-state index contributed by atoms with van der Waals surface area (Å²) in [5.41, 5.74) is 1.35. The SMILES string of the molecule is O=C(/N=C1\SCCCN1C1CCCCC1)c1c[nH]c2ncccc12. The third-order valence-electron chi connectivity index (χ3n) is 4.91. The number of amides is 1. The van der Waals surface area contributed by atoms with E-state index >= 15 is 0 Å². The van der Waals surface area contributed by atoms with Crippen molar-refractivity contribution >= 4 is 33.9 Å². The fraction of sp³-hybridized carbons (Fsp3) is 0.500. The zero-order valence-corrected chi connectivity index (χ0v) is 14.5. The number of thioether (sulfide) groups is 1. The third kappa shape index (κ3) is 3.07. The Morgan fingerprint density at radius 2 is 2.17 bits per heavy atom. The molecule has 1 saturated heterocycles. The third-order valence-corrected chi connectivity index (χ3v) is 5.99. The van der Waals surface area contributed by atoms with Crippen molar-refractivity contribution in [1.82, 2.24) is 14.9 Å². The summed E-state index contributed by atoms with van der Waals surface area (Å²) in [6, 6.07) is 4.32. The lowest BCUT2D eigenvalue weighted by atomic mass is 9.94. The van der Waals surface area contributed by atoms with E-state index in [1.807, 2.05) is 12.1 Å². The molecule has 0 aromatic carbocycles.